The van der Waals surface area contributed by atoms with Crippen molar-refractivity contribution in [2.75, 3.05) is 14.7 Å². The minimum atomic E-state index is 0. The van der Waals surface area contributed by atoms with Gasteiger partial charge >= 0.3 is 63.2 Å². The molecule has 0 N–H and O–H groups in total. The molecule has 6 heterocycles. The Bertz CT molecular complexity index is 5880. The Morgan fingerprint density at radius 2 is 0.482 bits per heavy atom. The molecule has 0 atom stereocenters. The van der Waals surface area contributed by atoms with E-state index in [4.69, 9.17) is 15.0 Å². The quantitative estimate of drug-likeness (QED) is 0.0774. The van der Waals surface area contributed by atoms with E-state index in [1.807, 2.05) is 164 Å². The number of nitrogens with zero attached hydrogens (tertiary/aromatic N) is 15. The van der Waals surface area contributed by atoms with Crippen molar-refractivity contribution in [1.82, 2.24) is 58.0 Å². The number of anilines is 9. The van der Waals surface area contributed by atoms with E-state index >= 15 is 0 Å². The minimum absolute atomic E-state index is 0. The van der Waals surface area contributed by atoms with Crippen LogP contribution in [0.25, 0.3) is 67.9 Å². The Labute approximate surface area is 708 Å². The van der Waals surface area contributed by atoms with Crippen LogP contribution in [0.4, 0.5) is 51.2 Å². The second-order valence-electron chi connectivity index (χ2n) is 26.7. The maximum absolute atomic E-state index is 4.78. The zero-order chi connectivity index (χ0) is 75.6. The average Bonchev–Trinajstić information content (AvgIpc) is 1.38. The molecule has 18 aromatic rings. The Kier molecular flexibility index (Phi) is 25.6. The number of para-hydroxylation sites is 6. The van der Waals surface area contributed by atoms with Crippen molar-refractivity contribution in [2.24, 2.45) is 0 Å². The van der Waals surface area contributed by atoms with Crippen molar-refractivity contribution in [3.63, 3.8) is 0 Å². The summed E-state index contributed by atoms with van der Waals surface area (Å²) in [5, 5.41) is 13.0. The third kappa shape index (κ3) is 17.7. The van der Waals surface area contributed by atoms with Gasteiger partial charge in [0, 0.05) is 71.3 Å². The normalized spacial score (nSPS) is 10.7. The van der Waals surface area contributed by atoms with E-state index in [9.17, 15) is 0 Å². The molecule has 12 aromatic carbocycles. The number of hydrogen-bond acceptors (Lipinski definition) is 9. The number of rotatable bonds is 18. The molecule has 0 saturated heterocycles. The van der Waals surface area contributed by atoms with E-state index in [1.165, 1.54) is 33.4 Å². The molecule has 0 fully saturated rings. The molecule has 0 saturated carbocycles. The molecule has 114 heavy (non-hydrogen) atoms. The summed E-state index contributed by atoms with van der Waals surface area (Å²) >= 11 is 0. The number of aryl methyl sites for hydroxylation is 6. The molecular weight excluding hydrogens is 1950 g/mol. The second-order valence-corrected chi connectivity index (χ2v) is 26.7. The molecule has 0 aliphatic carbocycles. The summed E-state index contributed by atoms with van der Waals surface area (Å²) in [7, 11) is 0. The average molecular weight is 2020 g/mol. The fourth-order valence-corrected chi connectivity index (χ4v) is 13.9. The predicted octanol–water partition coefficient (Wildman–Crippen LogP) is 22.2. The first-order chi connectivity index (χ1) is 54.5. The second kappa shape index (κ2) is 36.7. The smallest absolute Gasteiger partial charge is 0.358 e. The van der Waals surface area contributed by atoms with Gasteiger partial charge in [0.15, 0.2) is 0 Å². The molecule has 0 bridgehead atoms. The monoisotopic (exact) mass is 2020 g/mol. The van der Waals surface area contributed by atoms with Crippen LogP contribution in [-0.4, -0.2) is 58.0 Å². The summed E-state index contributed by atoms with van der Waals surface area (Å²) in [4.78, 5) is 20.7. The Balaban J connectivity index is 0.000000151. The number of imidazole rings is 3. The van der Waals surface area contributed by atoms with Crippen LogP contribution in [0, 0.1) is 77.9 Å². The van der Waals surface area contributed by atoms with Crippen LogP contribution >= 0.6 is 0 Å². The number of hydrogen-bond donors (Lipinski definition) is 0. The van der Waals surface area contributed by atoms with Crippen molar-refractivity contribution >= 4 is 51.2 Å². The van der Waals surface area contributed by atoms with Crippen LogP contribution < -0.4 is 14.7 Å². The van der Waals surface area contributed by atoms with Crippen LogP contribution in [0.5, 0.6) is 0 Å². The summed E-state index contributed by atoms with van der Waals surface area (Å²) in [6.07, 6.45) is 22.9. The van der Waals surface area contributed by atoms with Gasteiger partial charge in [-0.3, -0.25) is 29.0 Å². The van der Waals surface area contributed by atoms with Crippen molar-refractivity contribution in [3.05, 3.63) is 418 Å². The van der Waals surface area contributed by atoms with Gasteiger partial charge in [-0.2, -0.15) is 33.5 Å². The Morgan fingerprint density at radius 3 is 0.728 bits per heavy atom. The third-order valence-electron chi connectivity index (χ3n) is 19.0. The minimum Gasteiger partial charge on any atom is -0.358 e. The predicted molar refractivity (Wildman–Crippen MR) is 444 cm³/mol. The molecule has 0 aliphatic heterocycles. The van der Waals surface area contributed by atoms with E-state index in [0.29, 0.717) is 0 Å². The third-order valence-corrected chi connectivity index (χ3v) is 19.0. The molecule has 18 rings (SSSR count). The van der Waals surface area contributed by atoms with E-state index < -0.39 is 0 Å². The van der Waals surface area contributed by atoms with Crippen LogP contribution in [0.1, 0.15) is 33.4 Å². The Hall–Kier alpha value is -12.6. The van der Waals surface area contributed by atoms with E-state index in [1.54, 1.807) is 28.0 Å². The molecule has 0 unspecified atom stereocenters. The van der Waals surface area contributed by atoms with Gasteiger partial charge in [0.05, 0.1) is 36.0 Å². The molecule has 18 heteroatoms. The van der Waals surface area contributed by atoms with E-state index in [2.05, 4.69) is 292 Å². The molecule has 6 aromatic heterocycles. The first-order valence-corrected chi connectivity index (χ1v) is 36.5. The zero-order valence-corrected chi connectivity index (χ0v) is 69.9. The van der Waals surface area contributed by atoms with E-state index in [0.717, 1.165) is 119 Å². The van der Waals surface area contributed by atoms with Gasteiger partial charge in [0.25, 0.3) is 0 Å². The van der Waals surface area contributed by atoms with Gasteiger partial charge in [-0.1, -0.05) is 126 Å². The first-order valence-electron chi connectivity index (χ1n) is 36.5. The van der Waals surface area contributed by atoms with Crippen LogP contribution in [0.3, 0.4) is 0 Å². The van der Waals surface area contributed by atoms with Gasteiger partial charge in [-0.15, -0.1) is 144 Å². The van der Waals surface area contributed by atoms with Gasteiger partial charge < -0.3 is 28.4 Å². The fraction of sp³-hybridized carbons (Fsp3) is 0.0625. The van der Waals surface area contributed by atoms with Crippen molar-refractivity contribution in [2.45, 2.75) is 41.5 Å². The van der Waals surface area contributed by atoms with Gasteiger partial charge in [0.2, 0.25) is 0 Å². The fourth-order valence-electron chi connectivity index (χ4n) is 13.9. The molecule has 0 spiro atoms. The topological polar surface area (TPSA) is 117 Å². The number of aromatic nitrogens is 12. The van der Waals surface area contributed by atoms with Crippen LogP contribution in [0.2, 0.25) is 0 Å². The summed E-state index contributed by atoms with van der Waals surface area (Å²) in [5.74, 6) is 0. The maximum atomic E-state index is 4.78. The van der Waals surface area contributed by atoms with Gasteiger partial charge in [0.1, 0.15) is 0 Å². The summed E-state index contributed by atoms with van der Waals surface area (Å²) in [5.41, 5.74) is 27.2. The van der Waals surface area contributed by atoms with Gasteiger partial charge in [-0.05, 0) is 182 Å². The largest absolute Gasteiger partial charge is 2.00 e. The molecule has 0 radical (unpaired) electrons. The van der Waals surface area contributed by atoms with Crippen molar-refractivity contribution in [3.8, 4) is 67.9 Å². The molecule has 0 amide bonds. The maximum Gasteiger partial charge on any atom is 2.00 e. The number of benzene rings is 12. The van der Waals surface area contributed by atoms with Crippen molar-refractivity contribution in [1.29, 1.82) is 0 Å². The SMILES string of the molecule is Cc1cccc(C)c1-n1cnc(-c2[c-]c(N(c3[c-]c(-c4cn(-c5c(C)cccc5C)cn4)ccc3)c3ccccc3)ccc2)c1.Cc1cccc(C)c1-n1cnc(-c2[c-]c(N(c3[c-]c(-n4cccn4)ccc3)c3ccccc3)ccc2)c1.[Pt+2].[Pt+2].[Pt+2].[c-]1c(N(c2[c-]c(-n3cccn3)ccc2)c2ccccc2)cccc1-n1cccn1. The van der Waals surface area contributed by atoms with Gasteiger partial charge in [-0.25, -0.2) is 0 Å². The standard InChI is InChI=1S/C40H33N5.C32H25N5.C24H17N5.3Pt/c1-28-12-8-13-29(2)39(28)43-24-37(41-26-43)32-16-10-20-35(22-32)45(34-18-6-5-7-19-34)36-21-11-17-33(23-36)38-25-44(27-42-38)40-30(3)14-9-15-31(40)4;1-24-10-6-11-25(2)32(24)35-22-31(33-23-35)26-12-7-16-29(20-26)37(27-13-4-3-5-14-27)30-17-8-15-28(21-30)36-19-9-18-34-36;1-2-8-20(9-3-1)29(23-12-4-10-21(18-23)27-16-6-14-25-27)24-13-5-11-22(19-24)28-17-7-15-26-28;;;/h5-21,24-27H,1-4H3;3-19,22-23H,1-2H3;1-17H;;;/q3*-2;3*+2. The van der Waals surface area contributed by atoms with Crippen LogP contribution in [-0.2, 0) is 63.2 Å². The molecule has 564 valence electrons. The summed E-state index contributed by atoms with van der Waals surface area (Å²) < 4.78 is 11.7. The summed E-state index contributed by atoms with van der Waals surface area (Å²) in [6.45, 7) is 12.8. The zero-order valence-electron chi connectivity index (χ0n) is 63.1. The molecular formula is C96H75N15Pt3. The van der Waals surface area contributed by atoms with Crippen LogP contribution in [0.15, 0.2) is 348 Å². The molecule has 15 nitrogen and oxygen atoms in total. The van der Waals surface area contributed by atoms with E-state index in [-0.39, 0.29) is 63.2 Å². The molecule has 0 aliphatic rings. The first kappa shape index (κ1) is 79.5. The Morgan fingerprint density at radius 1 is 0.246 bits per heavy atom. The van der Waals surface area contributed by atoms with Crippen molar-refractivity contribution < 1.29 is 63.2 Å². The summed E-state index contributed by atoms with van der Waals surface area (Å²) in [6, 6.07) is 114.